The van der Waals surface area contributed by atoms with Crippen LogP contribution in [0, 0.1) is 18.6 Å². The molecule has 2 aromatic carbocycles. The molecule has 2 rings (SSSR count). The molecule has 2 aromatic rings. The number of nitrogens with one attached hydrogen (secondary N) is 1. The van der Waals surface area contributed by atoms with Gasteiger partial charge in [-0.2, -0.15) is 0 Å². The highest BCUT2D eigenvalue weighted by atomic mass is 32.2. The smallest absolute Gasteiger partial charge is 0.246 e. The number of sulfonamides is 1. The van der Waals surface area contributed by atoms with Gasteiger partial charge in [0.25, 0.3) is 0 Å². The third-order valence-corrected chi connectivity index (χ3v) is 4.68. The second-order valence-corrected chi connectivity index (χ2v) is 6.48. The number of rotatable bonds is 5. The van der Waals surface area contributed by atoms with E-state index < -0.39 is 32.7 Å². The molecule has 4 nitrogen and oxygen atoms in total. The van der Waals surface area contributed by atoms with E-state index in [9.17, 15) is 22.3 Å². The van der Waals surface area contributed by atoms with Crippen molar-refractivity contribution in [1.82, 2.24) is 4.72 Å². The molecule has 0 aliphatic carbocycles. The number of halogens is 2. The highest BCUT2D eigenvalue weighted by molar-refractivity contribution is 7.89. The fourth-order valence-electron chi connectivity index (χ4n) is 2.07. The Morgan fingerprint density at radius 3 is 2.27 bits per heavy atom. The van der Waals surface area contributed by atoms with Crippen LogP contribution in [0.15, 0.2) is 47.4 Å². The Balaban J connectivity index is 2.19. The zero-order chi connectivity index (χ0) is 16.3. The van der Waals surface area contributed by atoms with E-state index >= 15 is 0 Å². The lowest BCUT2D eigenvalue weighted by Crippen LogP contribution is -2.30. The third kappa shape index (κ3) is 3.49. The van der Waals surface area contributed by atoms with E-state index in [0.29, 0.717) is 5.56 Å². The zero-order valence-electron chi connectivity index (χ0n) is 11.8. The lowest BCUT2D eigenvalue weighted by molar-refractivity contribution is 0.181. The van der Waals surface area contributed by atoms with Crippen LogP contribution in [0.25, 0.3) is 0 Å². The summed E-state index contributed by atoms with van der Waals surface area (Å²) in [4.78, 5) is -1.05. The molecule has 0 bridgehead atoms. The van der Waals surface area contributed by atoms with Gasteiger partial charge in [0, 0.05) is 6.54 Å². The second-order valence-electron chi connectivity index (χ2n) is 4.78. The van der Waals surface area contributed by atoms with Crippen LogP contribution in [-0.2, 0) is 10.0 Å². The Hall–Kier alpha value is -1.83. The number of hydrogen-bond donors (Lipinski definition) is 2. The van der Waals surface area contributed by atoms with Crippen molar-refractivity contribution in [2.75, 3.05) is 6.54 Å². The maximum atomic E-state index is 13.5. The van der Waals surface area contributed by atoms with Gasteiger partial charge in [0.15, 0.2) is 4.90 Å². The van der Waals surface area contributed by atoms with Crippen molar-refractivity contribution in [3.8, 4) is 0 Å². The molecule has 1 unspecified atom stereocenters. The van der Waals surface area contributed by atoms with E-state index in [1.807, 2.05) is 4.72 Å². The van der Waals surface area contributed by atoms with Crippen LogP contribution in [0.2, 0.25) is 0 Å². The summed E-state index contributed by atoms with van der Waals surface area (Å²) in [5, 5.41) is 10.0. The van der Waals surface area contributed by atoms with E-state index in [1.54, 1.807) is 31.2 Å². The molecule has 0 amide bonds. The minimum Gasteiger partial charge on any atom is -0.387 e. The highest BCUT2D eigenvalue weighted by Crippen LogP contribution is 2.20. The largest absolute Gasteiger partial charge is 0.387 e. The topological polar surface area (TPSA) is 66.4 Å². The molecule has 0 saturated heterocycles. The lowest BCUT2D eigenvalue weighted by atomic mass is 10.0. The van der Waals surface area contributed by atoms with Gasteiger partial charge in [-0.3, -0.25) is 0 Å². The van der Waals surface area contributed by atoms with Crippen LogP contribution < -0.4 is 4.72 Å². The van der Waals surface area contributed by atoms with E-state index in [2.05, 4.69) is 0 Å². The van der Waals surface area contributed by atoms with Crippen molar-refractivity contribution in [3.63, 3.8) is 0 Å². The first-order valence-corrected chi connectivity index (χ1v) is 7.98. The molecular weight excluding hydrogens is 312 g/mol. The Bertz CT molecular complexity index is 758. The Kier molecular flexibility index (Phi) is 4.90. The molecule has 0 aliphatic rings. The molecule has 1 atom stereocenters. The van der Waals surface area contributed by atoms with Crippen LogP contribution in [0.5, 0.6) is 0 Å². The molecule has 0 saturated carbocycles. The third-order valence-electron chi connectivity index (χ3n) is 3.20. The van der Waals surface area contributed by atoms with E-state index in [4.69, 9.17) is 0 Å². The summed E-state index contributed by atoms with van der Waals surface area (Å²) in [6.45, 7) is 1.38. The van der Waals surface area contributed by atoms with Gasteiger partial charge in [-0.15, -0.1) is 0 Å². The molecule has 0 heterocycles. The van der Waals surface area contributed by atoms with Crippen LogP contribution in [0.4, 0.5) is 8.78 Å². The molecular formula is C15H15F2NO3S. The summed E-state index contributed by atoms with van der Waals surface area (Å²) in [6, 6.07) is 9.69. The summed E-state index contributed by atoms with van der Waals surface area (Å²) in [6.07, 6.45) is -1.12. The van der Waals surface area contributed by atoms with E-state index in [0.717, 1.165) is 23.8 Å². The standard InChI is InChI=1S/C15H15F2NO3S/c1-10-5-2-3-6-11(10)14(19)9-18-22(20,21)15-12(16)7-4-8-13(15)17/h2-8,14,18-19H,9H2,1H3. The number of aliphatic hydroxyl groups is 1. The fourth-order valence-corrected chi connectivity index (χ4v) is 3.24. The van der Waals surface area contributed by atoms with Crippen molar-refractivity contribution >= 4 is 10.0 Å². The van der Waals surface area contributed by atoms with Gasteiger partial charge in [-0.05, 0) is 30.2 Å². The molecule has 0 aliphatic heterocycles. The van der Waals surface area contributed by atoms with Gasteiger partial charge in [-0.25, -0.2) is 21.9 Å². The minimum absolute atomic E-state index is 0.388. The van der Waals surface area contributed by atoms with Crippen molar-refractivity contribution in [2.45, 2.75) is 17.9 Å². The first-order valence-electron chi connectivity index (χ1n) is 6.50. The molecule has 0 aromatic heterocycles. The molecule has 22 heavy (non-hydrogen) atoms. The van der Waals surface area contributed by atoms with Gasteiger partial charge in [-0.1, -0.05) is 30.3 Å². The average Bonchev–Trinajstić information content (AvgIpc) is 2.45. The highest BCUT2D eigenvalue weighted by Gasteiger charge is 2.24. The number of aryl methyl sites for hydroxylation is 1. The molecule has 2 N–H and O–H groups in total. The molecule has 0 radical (unpaired) electrons. The minimum atomic E-state index is -4.40. The molecule has 0 fully saturated rings. The van der Waals surface area contributed by atoms with E-state index in [1.165, 1.54) is 0 Å². The predicted octanol–water partition coefficient (Wildman–Crippen LogP) is 2.29. The summed E-state index contributed by atoms with van der Waals surface area (Å²) in [5.41, 5.74) is 1.32. The molecule has 0 spiro atoms. The summed E-state index contributed by atoms with van der Waals surface area (Å²) < 4.78 is 53.1. The lowest BCUT2D eigenvalue weighted by Gasteiger charge is -2.15. The quantitative estimate of drug-likeness (QED) is 0.885. The molecule has 118 valence electrons. The van der Waals surface area contributed by atoms with Crippen LogP contribution >= 0.6 is 0 Å². The van der Waals surface area contributed by atoms with Gasteiger partial charge < -0.3 is 5.11 Å². The van der Waals surface area contributed by atoms with Crippen molar-refractivity contribution in [3.05, 3.63) is 65.2 Å². The van der Waals surface area contributed by atoms with Crippen LogP contribution in [-0.4, -0.2) is 20.1 Å². The Morgan fingerprint density at radius 2 is 1.68 bits per heavy atom. The van der Waals surface area contributed by atoms with Crippen molar-refractivity contribution in [2.24, 2.45) is 0 Å². The van der Waals surface area contributed by atoms with Gasteiger partial charge >= 0.3 is 0 Å². The first-order chi connectivity index (χ1) is 10.3. The Morgan fingerprint density at radius 1 is 1.09 bits per heavy atom. The maximum Gasteiger partial charge on any atom is 0.246 e. The number of aliphatic hydroxyl groups excluding tert-OH is 1. The predicted molar refractivity (Wildman–Crippen MR) is 77.7 cm³/mol. The van der Waals surface area contributed by atoms with Gasteiger partial charge in [0.2, 0.25) is 10.0 Å². The van der Waals surface area contributed by atoms with E-state index in [-0.39, 0.29) is 6.54 Å². The van der Waals surface area contributed by atoms with Crippen molar-refractivity contribution < 1.29 is 22.3 Å². The summed E-state index contributed by atoms with van der Waals surface area (Å²) in [5.74, 6) is -2.37. The maximum absolute atomic E-state index is 13.5. The zero-order valence-corrected chi connectivity index (χ0v) is 12.6. The van der Waals surface area contributed by atoms with Gasteiger partial charge in [0.1, 0.15) is 11.6 Å². The second kappa shape index (κ2) is 6.51. The fraction of sp³-hybridized carbons (Fsp3) is 0.200. The van der Waals surface area contributed by atoms with Crippen LogP contribution in [0.1, 0.15) is 17.2 Å². The molecule has 7 heteroatoms. The number of benzene rings is 2. The Labute approximate surface area is 127 Å². The van der Waals surface area contributed by atoms with Crippen LogP contribution in [0.3, 0.4) is 0 Å². The normalized spacial score (nSPS) is 13.1. The number of hydrogen-bond acceptors (Lipinski definition) is 3. The first kappa shape index (κ1) is 16.5. The average molecular weight is 327 g/mol. The summed E-state index contributed by atoms with van der Waals surface area (Å²) in [7, 11) is -4.40. The summed E-state index contributed by atoms with van der Waals surface area (Å²) >= 11 is 0. The van der Waals surface area contributed by atoms with Gasteiger partial charge in [0.05, 0.1) is 6.10 Å². The SMILES string of the molecule is Cc1ccccc1C(O)CNS(=O)(=O)c1c(F)cccc1F. The monoisotopic (exact) mass is 327 g/mol. The van der Waals surface area contributed by atoms with Crippen molar-refractivity contribution in [1.29, 1.82) is 0 Å².